The molecule has 2 aliphatic heterocycles. The molecule has 122 valence electrons. The summed E-state index contributed by atoms with van der Waals surface area (Å²) in [5.41, 5.74) is 1.15. The van der Waals surface area contributed by atoms with Crippen LogP contribution in [0.5, 0.6) is 0 Å². The smallest absolute Gasteiger partial charge is 0.350 e. The number of anilines is 1. The summed E-state index contributed by atoms with van der Waals surface area (Å²) < 4.78 is 5.26. The third-order valence-electron chi connectivity index (χ3n) is 4.04. The number of fused-ring (bicyclic) bond motifs is 1. The van der Waals surface area contributed by atoms with E-state index in [0.29, 0.717) is 5.57 Å². The summed E-state index contributed by atoms with van der Waals surface area (Å²) in [5, 5.41) is 10.3. The Labute approximate surface area is 146 Å². The lowest BCUT2D eigenvalue weighted by Crippen LogP contribution is -2.22. The number of benzene rings is 1. The molecule has 0 fully saturated rings. The van der Waals surface area contributed by atoms with Crippen molar-refractivity contribution in [1.82, 2.24) is 0 Å². The molecule has 4 nitrogen and oxygen atoms in total. The van der Waals surface area contributed by atoms with Gasteiger partial charge >= 0.3 is 5.97 Å². The van der Waals surface area contributed by atoms with Crippen molar-refractivity contribution < 1.29 is 9.53 Å². The maximum absolute atomic E-state index is 11.7. The summed E-state index contributed by atoms with van der Waals surface area (Å²) in [6.07, 6.45) is 5.69. The third kappa shape index (κ3) is 2.74. The van der Waals surface area contributed by atoms with Crippen molar-refractivity contribution >= 4 is 23.4 Å². The zero-order valence-electron chi connectivity index (χ0n) is 13.9. The average Bonchev–Trinajstić information content (AvgIpc) is 3.00. The zero-order chi connectivity index (χ0) is 17.3. The Morgan fingerprint density at radius 1 is 1.38 bits per heavy atom. The van der Waals surface area contributed by atoms with Crippen LogP contribution in [0.3, 0.4) is 0 Å². The van der Waals surface area contributed by atoms with Gasteiger partial charge in [0.05, 0.1) is 10.7 Å². The molecule has 0 N–H and O–H groups in total. The maximum atomic E-state index is 11.7. The van der Waals surface area contributed by atoms with Crippen LogP contribution in [0.1, 0.15) is 20.8 Å². The van der Waals surface area contributed by atoms with Gasteiger partial charge in [0.15, 0.2) is 0 Å². The number of nitriles is 1. The molecule has 0 saturated carbocycles. The van der Waals surface area contributed by atoms with E-state index in [2.05, 4.69) is 24.0 Å². The summed E-state index contributed by atoms with van der Waals surface area (Å²) in [6.45, 7) is 6.58. The fraction of sp³-hybridized carbons (Fsp3) is 0.263. The lowest BCUT2D eigenvalue weighted by molar-refractivity contribution is -0.144. The topological polar surface area (TPSA) is 53.3 Å². The number of ether oxygens (including phenoxy) is 1. The number of nitrogens with zero attached hydrogens (tertiary/aromatic N) is 2. The first-order valence-electron chi connectivity index (χ1n) is 7.79. The molecule has 5 heteroatoms. The zero-order valence-corrected chi connectivity index (χ0v) is 14.7. The first kappa shape index (κ1) is 16.4. The highest BCUT2D eigenvalue weighted by Crippen LogP contribution is 2.45. The van der Waals surface area contributed by atoms with Crippen LogP contribution in [0.25, 0.3) is 0 Å². The van der Waals surface area contributed by atoms with Gasteiger partial charge in [-0.05, 0) is 39.0 Å². The number of thioether (sulfide) groups is 1. The number of carbonyl (C=O) groups excluding carboxylic acids is 1. The van der Waals surface area contributed by atoms with E-state index in [4.69, 9.17) is 4.74 Å². The second-order valence-electron chi connectivity index (χ2n) is 5.98. The summed E-state index contributed by atoms with van der Waals surface area (Å²) in [6, 6.07) is 10.2. The van der Waals surface area contributed by atoms with E-state index in [-0.39, 0.29) is 5.57 Å². The van der Waals surface area contributed by atoms with E-state index in [1.807, 2.05) is 30.4 Å². The van der Waals surface area contributed by atoms with Crippen molar-refractivity contribution in [3.05, 3.63) is 58.7 Å². The first-order valence-corrected chi connectivity index (χ1v) is 8.60. The molecule has 3 rings (SSSR count). The number of hydrogen-bond acceptors (Lipinski definition) is 5. The van der Waals surface area contributed by atoms with Gasteiger partial charge in [0, 0.05) is 17.0 Å². The van der Waals surface area contributed by atoms with Gasteiger partial charge in [0.1, 0.15) is 17.2 Å². The van der Waals surface area contributed by atoms with Crippen LogP contribution in [0.15, 0.2) is 63.6 Å². The van der Waals surface area contributed by atoms with Gasteiger partial charge < -0.3 is 9.64 Å². The molecule has 0 saturated heterocycles. The van der Waals surface area contributed by atoms with Crippen molar-refractivity contribution in [2.75, 3.05) is 11.4 Å². The van der Waals surface area contributed by atoms with Gasteiger partial charge in [0.25, 0.3) is 0 Å². The molecule has 24 heavy (non-hydrogen) atoms. The number of allylic oxidation sites excluding steroid dienone is 2. The van der Waals surface area contributed by atoms with Crippen molar-refractivity contribution in [2.24, 2.45) is 0 Å². The van der Waals surface area contributed by atoms with Crippen LogP contribution in [0.2, 0.25) is 0 Å². The van der Waals surface area contributed by atoms with Gasteiger partial charge in [0.2, 0.25) is 0 Å². The quantitative estimate of drug-likeness (QED) is 0.774. The van der Waals surface area contributed by atoms with Crippen LogP contribution in [0.4, 0.5) is 5.69 Å². The Morgan fingerprint density at radius 3 is 2.83 bits per heavy atom. The lowest BCUT2D eigenvalue weighted by Gasteiger charge is -2.19. The Balaban J connectivity index is 1.89. The molecule has 0 aromatic heterocycles. The first-order chi connectivity index (χ1) is 11.5. The number of rotatable bonds is 3. The molecule has 2 aliphatic rings. The fourth-order valence-electron chi connectivity index (χ4n) is 2.87. The Kier molecular flexibility index (Phi) is 4.25. The molecule has 0 aliphatic carbocycles. The SMILES string of the molecule is CCN1/C(=C/C=C/C2=C(C#N)C(=O)OC2(C)C)Sc2ccccc21. The molecule has 0 atom stereocenters. The van der Waals surface area contributed by atoms with Crippen molar-refractivity contribution in [3.63, 3.8) is 0 Å². The Morgan fingerprint density at radius 2 is 2.12 bits per heavy atom. The van der Waals surface area contributed by atoms with Crippen LogP contribution in [-0.2, 0) is 9.53 Å². The van der Waals surface area contributed by atoms with E-state index in [9.17, 15) is 10.1 Å². The molecule has 1 aromatic carbocycles. The highest BCUT2D eigenvalue weighted by atomic mass is 32.2. The molecule has 1 aromatic rings. The summed E-state index contributed by atoms with van der Waals surface area (Å²) in [5.74, 6) is -0.548. The largest absolute Gasteiger partial charge is 0.451 e. The fourth-order valence-corrected chi connectivity index (χ4v) is 4.01. The van der Waals surface area contributed by atoms with E-state index >= 15 is 0 Å². The number of carbonyl (C=O) groups is 1. The maximum Gasteiger partial charge on any atom is 0.350 e. The van der Waals surface area contributed by atoms with Gasteiger partial charge in [-0.2, -0.15) is 5.26 Å². The van der Waals surface area contributed by atoms with Gasteiger partial charge in [-0.1, -0.05) is 36.0 Å². The van der Waals surface area contributed by atoms with Crippen LogP contribution >= 0.6 is 11.8 Å². The Bertz CT molecular complexity index is 828. The molecule has 0 spiro atoms. The highest BCUT2D eigenvalue weighted by Gasteiger charge is 2.39. The number of esters is 1. The molecule has 0 unspecified atom stereocenters. The summed E-state index contributed by atoms with van der Waals surface area (Å²) in [4.78, 5) is 15.2. The van der Waals surface area contributed by atoms with E-state index < -0.39 is 11.6 Å². The molecule has 0 radical (unpaired) electrons. The molecule has 0 bridgehead atoms. The van der Waals surface area contributed by atoms with E-state index in [0.717, 1.165) is 11.6 Å². The summed E-state index contributed by atoms with van der Waals surface area (Å²) in [7, 11) is 0. The normalized spacial score (nSPS) is 20.7. The van der Waals surface area contributed by atoms with Gasteiger partial charge in [-0.25, -0.2) is 4.79 Å². The second kappa shape index (κ2) is 6.21. The van der Waals surface area contributed by atoms with Gasteiger partial charge in [-0.3, -0.25) is 0 Å². The molecule has 2 heterocycles. The third-order valence-corrected chi connectivity index (χ3v) is 5.17. The molecular formula is C19H18N2O2S. The van der Waals surface area contributed by atoms with Crippen molar-refractivity contribution in [3.8, 4) is 6.07 Å². The van der Waals surface area contributed by atoms with Crippen LogP contribution in [-0.4, -0.2) is 18.1 Å². The predicted octanol–water partition coefficient (Wildman–Crippen LogP) is 4.17. The number of hydrogen-bond donors (Lipinski definition) is 0. The number of cyclic esters (lactones) is 1. The van der Waals surface area contributed by atoms with Crippen molar-refractivity contribution in [1.29, 1.82) is 5.26 Å². The van der Waals surface area contributed by atoms with Crippen LogP contribution in [0, 0.1) is 11.3 Å². The molecule has 0 amide bonds. The van der Waals surface area contributed by atoms with Gasteiger partial charge in [-0.15, -0.1) is 0 Å². The van der Waals surface area contributed by atoms with Crippen LogP contribution < -0.4 is 4.90 Å². The predicted molar refractivity (Wildman–Crippen MR) is 95.4 cm³/mol. The number of para-hydroxylation sites is 1. The monoisotopic (exact) mass is 338 g/mol. The van der Waals surface area contributed by atoms with E-state index in [1.165, 1.54) is 10.6 Å². The summed E-state index contributed by atoms with van der Waals surface area (Å²) >= 11 is 1.71. The van der Waals surface area contributed by atoms with Crippen molar-refractivity contribution in [2.45, 2.75) is 31.3 Å². The molecular weight excluding hydrogens is 320 g/mol. The second-order valence-corrected chi connectivity index (χ2v) is 7.04. The Hall–Kier alpha value is -2.45. The van der Waals surface area contributed by atoms with E-state index in [1.54, 1.807) is 31.7 Å². The minimum absolute atomic E-state index is 0.0874. The lowest BCUT2D eigenvalue weighted by atomic mass is 9.95. The minimum atomic E-state index is -0.770. The average molecular weight is 338 g/mol. The highest BCUT2D eigenvalue weighted by molar-refractivity contribution is 8.03. The minimum Gasteiger partial charge on any atom is -0.451 e. The standard InChI is InChI=1S/C19H18N2O2S/c1-4-21-15-9-5-6-10-16(15)24-17(21)11-7-8-14-13(12-20)18(22)23-19(14,2)3/h5-11H,4H2,1-3H3/b8-7+,17-11-.